The Morgan fingerprint density at radius 1 is 1.41 bits per heavy atom. The van der Waals surface area contributed by atoms with Gasteiger partial charge in [0, 0.05) is 10.0 Å². The monoisotopic (exact) mass is 411 g/mol. The quantitative estimate of drug-likeness (QED) is 0.445. The van der Waals surface area contributed by atoms with Crippen LogP contribution in [-0.4, -0.2) is 11.5 Å². The van der Waals surface area contributed by atoms with Crippen LogP contribution in [0.15, 0.2) is 33.7 Å². The van der Waals surface area contributed by atoms with E-state index in [1.807, 2.05) is 24.3 Å². The summed E-state index contributed by atoms with van der Waals surface area (Å²) in [7, 11) is 0. The van der Waals surface area contributed by atoms with Crippen molar-refractivity contribution in [2.45, 2.75) is 32.9 Å². The van der Waals surface area contributed by atoms with Gasteiger partial charge in [-0.2, -0.15) is 0 Å². The summed E-state index contributed by atoms with van der Waals surface area (Å²) in [4.78, 5) is 4.28. The Labute approximate surface area is 128 Å². The van der Waals surface area contributed by atoms with E-state index in [-0.39, 0.29) is 29.5 Å². The van der Waals surface area contributed by atoms with Gasteiger partial charge in [-0.25, -0.2) is 4.99 Å². The zero-order chi connectivity index (χ0) is 12.2. The number of nitrogens with two attached hydrogens (primary N) is 1. The number of nitrogens with one attached hydrogen (secondary N) is 1. The van der Waals surface area contributed by atoms with Gasteiger partial charge in [-0.3, -0.25) is 0 Å². The highest BCUT2D eigenvalue weighted by Gasteiger charge is 2.09. The standard InChI is InChI=1S/C12H18BrN3.HI/c1-12(2,3)16-11(14)15-8-9-5-4-6-10(13)7-9;/h4-7H,8H2,1-3H3,(H3,14,15,16);1H. The number of hydrogen-bond donors (Lipinski definition) is 2. The number of aliphatic imine (C=N–C) groups is 1. The van der Waals surface area contributed by atoms with Crippen LogP contribution in [0.1, 0.15) is 26.3 Å². The fourth-order valence-electron chi connectivity index (χ4n) is 1.24. The smallest absolute Gasteiger partial charge is 0.189 e. The highest BCUT2D eigenvalue weighted by molar-refractivity contribution is 14.0. The molecule has 96 valence electrons. The summed E-state index contributed by atoms with van der Waals surface area (Å²) in [5, 5.41) is 3.12. The summed E-state index contributed by atoms with van der Waals surface area (Å²) < 4.78 is 1.06. The molecule has 1 rings (SSSR count). The maximum atomic E-state index is 5.77. The first-order chi connectivity index (χ1) is 7.37. The molecule has 0 atom stereocenters. The molecule has 3 nitrogen and oxygen atoms in total. The summed E-state index contributed by atoms with van der Waals surface area (Å²) >= 11 is 3.42. The molecule has 0 aromatic heterocycles. The minimum atomic E-state index is -0.0507. The number of rotatable bonds is 2. The molecule has 0 aliphatic rings. The third-order valence-electron chi connectivity index (χ3n) is 1.82. The van der Waals surface area contributed by atoms with Crippen molar-refractivity contribution in [2.75, 3.05) is 0 Å². The molecule has 0 saturated heterocycles. The first-order valence-corrected chi connectivity index (χ1v) is 5.99. The molecule has 17 heavy (non-hydrogen) atoms. The summed E-state index contributed by atoms with van der Waals surface area (Å²) in [5.41, 5.74) is 6.85. The van der Waals surface area contributed by atoms with E-state index in [1.165, 1.54) is 0 Å². The molecule has 0 saturated carbocycles. The van der Waals surface area contributed by atoms with Crippen molar-refractivity contribution in [3.63, 3.8) is 0 Å². The number of guanidine groups is 1. The second-order valence-electron chi connectivity index (χ2n) is 4.71. The van der Waals surface area contributed by atoms with Crippen molar-refractivity contribution in [3.05, 3.63) is 34.3 Å². The fraction of sp³-hybridized carbons (Fsp3) is 0.417. The lowest BCUT2D eigenvalue weighted by Crippen LogP contribution is -2.44. The number of hydrogen-bond acceptors (Lipinski definition) is 1. The first kappa shape index (κ1) is 16.7. The first-order valence-electron chi connectivity index (χ1n) is 5.19. The molecule has 0 unspecified atom stereocenters. The zero-order valence-corrected chi connectivity index (χ0v) is 14.2. The number of nitrogens with zero attached hydrogens (tertiary/aromatic N) is 1. The van der Waals surface area contributed by atoms with Crippen LogP contribution >= 0.6 is 39.9 Å². The van der Waals surface area contributed by atoms with E-state index in [2.05, 4.69) is 47.0 Å². The average Bonchev–Trinajstić information content (AvgIpc) is 2.12. The summed E-state index contributed by atoms with van der Waals surface area (Å²) in [6, 6.07) is 8.04. The van der Waals surface area contributed by atoms with E-state index >= 15 is 0 Å². The highest BCUT2D eigenvalue weighted by Crippen LogP contribution is 2.12. The molecule has 5 heteroatoms. The average molecular weight is 412 g/mol. The Balaban J connectivity index is 0.00000256. The van der Waals surface area contributed by atoms with Crippen LogP contribution in [0, 0.1) is 0 Å². The highest BCUT2D eigenvalue weighted by atomic mass is 127. The van der Waals surface area contributed by atoms with Crippen molar-refractivity contribution >= 4 is 45.9 Å². The maximum absolute atomic E-state index is 5.77. The van der Waals surface area contributed by atoms with Crippen LogP contribution in [0.25, 0.3) is 0 Å². The Hall–Kier alpha value is -0.300. The van der Waals surface area contributed by atoms with Crippen LogP contribution in [0.5, 0.6) is 0 Å². The lowest BCUT2D eigenvalue weighted by molar-refractivity contribution is 0.508. The van der Waals surface area contributed by atoms with E-state index in [0.717, 1.165) is 10.0 Å². The van der Waals surface area contributed by atoms with E-state index < -0.39 is 0 Å². The Morgan fingerprint density at radius 3 is 2.59 bits per heavy atom. The summed E-state index contributed by atoms with van der Waals surface area (Å²) in [6.45, 7) is 6.74. The third kappa shape index (κ3) is 7.59. The van der Waals surface area contributed by atoms with Gasteiger partial charge in [0.15, 0.2) is 5.96 Å². The van der Waals surface area contributed by atoms with Crippen molar-refractivity contribution < 1.29 is 0 Å². The van der Waals surface area contributed by atoms with Gasteiger partial charge in [0.25, 0.3) is 0 Å². The second-order valence-corrected chi connectivity index (χ2v) is 5.62. The van der Waals surface area contributed by atoms with E-state index in [0.29, 0.717) is 12.5 Å². The van der Waals surface area contributed by atoms with E-state index in [1.54, 1.807) is 0 Å². The fourth-order valence-corrected chi connectivity index (χ4v) is 1.68. The van der Waals surface area contributed by atoms with E-state index in [9.17, 15) is 0 Å². The molecular weight excluding hydrogens is 393 g/mol. The largest absolute Gasteiger partial charge is 0.370 e. The Bertz CT molecular complexity index is 386. The number of halogens is 2. The molecule has 1 aromatic carbocycles. The zero-order valence-electron chi connectivity index (χ0n) is 10.3. The minimum absolute atomic E-state index is 0. The molecule has 0 radical (unpaired) electrons. The second kappa shape index (κ2) is 7.20. The van der Waals surface area contributed by atoms with Gasteiger partial charge in [-0.1, -0.05) is 28.1 Å². The van der Waals surface area contributed by atoms with Gasteiger partial charge >= 0.3 is 0 Å². The summed E-state index contributed by atoms with van der Waals surface area (Å²) in [5.74, 6) is 0.479. The normalized spacial score (nSPS) is 11.9. The van der Waals surface area contributed by atoms with Crippen molar-refractivity contribution in [1.82, 2.24) is 5.32 Å². The number of benzene rings is 1. The van der Waals surface area contributed by atoms with Gasteiger partial charge in [0.2, 0.25) is 0 Å². The van der Waals surface area contributed by atoms with Crippen LogP contribution in [0.4, 0.5) is 0 Å². The van der Waals surface area contributed by atoms with E-state index in [4.69, 9.17) is 5.73 Å². The van der Waals surface area contributed by atoms with Crippen molar-refractivity contribution in [2.24, 2.45) is 10.7 Å². The topological polar surface area (TPSA) is 50.4 Å². The predicted octanol–water partition coefficient (Wildman–Crippen LogP) is 3.27. The lowest BCUT2D eigenvalue weighted by atomic mass is 10.1. The van der Waals surface area contributed by atoms with Crippen LogP contribution in [0.3, 0.4) is 0 Å². The molecule has 0 amide bonds. The lowest BCUT2D eigenvalue weighted by Gasteiger charge is -2.20. The molecule has 3 N–H and O–H groups in total. The molecule has 0 aliphatic carbocycles. The van der Waals surface area contributed by atoms with Crippen LogP contribution in [0.2, 0.25) is 0 Å². The van der Waals surface area contributed by atoms with Gasteiger partial charge < -0.3 is 11.1 Å². The third-order valence-corrected chi connectivity index (χ3v) is 2.32. The van der Waals surface area contributed by atoms with Crippen molar-refractivity contribution in [3.8, 4) is 0 Å². The van der Waals surface area contributed by atoms with Crippen LogP contribution < -0.4 is 11.1 Å². The van der Waals surface area contributed by atoms with Gasteiger partial charge in [0.05, 0.1) is 6.54 Å². The minimum Gasteiger partial charge on any atom is -0.370 e. The Kier molecular flexibility index (Phi) is 7.08. The molecule has 0 fully saturated rings. The molecule has 1 aromatic rings. The van der Waals surface area contributed by atoms with Gasteiger partial charge in [-0.15, -0.1) is 24.0 Å². The van der Waals surface area contributed by atoms with Crippen molar-refractivity contribution in [1.29, 1.82) is 0 Å². The molecule has 0 bridgehead atoms. The van der Waals surface area contributed by atoms with Crippen LogP contribution in [-0.2, 0) is 6.54 Å². The van der Waals surface area contributed by atoms with Gasteiger partial charge in [-0.05, 0) is 38.5 Å². The SMILES string of the molecule is CC(C)(C)NC(N)=NCc1cccc(Br)c1.I. The summed E-state index contributed by atoms with van der Waals surface area (Å²) in [6.07, 6.45) is 0. The molecule has 0 aliphatic heterocycles. The maximum Gasteiger partial charge on any atom is 0.189 e. The Morgan fingerprint density at radius 2 is 2.06 bits per heavy atom. The molecule has 0 heterocycles. The predicted molar refractivity (Wildman–Crippen MR) is 87.8 cm³/mol. The molecular formula is C12H19BrIN3. The molecule has 0 spiro atoms. The van der Waals surface area contributed by atoms with Gasteiger partial charge in [0.1, 0.15) is 0 Å².